The Kier molecular flexibility index (Phi) is 3.21. The second kappa shape index (κ2) is 5.01. The van der Waals surface area contributed by atoms with Gasteiger partial charge in [-0.2, -0.15) is 0 Å². The van der Waals surface area contributed by atoms with Crippen LogP contribution in [0, 0.1) is 0 Å². The summed E-state index contributed by atoms with van der Waals surface area (Å²) in [6.45, 7) is 0.641. The second-order valence-corrected chi connectivity index (χ2v) is 5.28. The first-order valence-corrected chi connectivity index (χ1v) is 6.76. The van der Waals surface area contributed by atoms with Gasteiger partial charge in [0.05, 0.1) is 11.9 Å². The van der Waals surface area contributed by atoms with Crippen molar-refractivity contribution in [3.8, 4) is 11.3 Å². The van der Waals surface area contributed by atoms with Gasteiger partial charge in [-0.05, 0) is 17.7 Å². The number of nitrogens with one attached hydrogen (secondary N) is 1. The maximum atomic E-state index is 10.9. The normalized spacial score (nSPS) is 17.9. The van der Waals surface area contributed by atoms with E-state index in [9.17, 15) is 4.79 Å². The molecule has 1 unspecified atom stereocenters. The Labute approximate surface area is 119 Å². The highest BCUT2D eigenvalue weighted by Gasteiger charge is 2.22. The number of carbonyl (C=O) groups is 1. The minimum absolute atomic E-state index is 0.0818. The van der Waals surface area contributed by atoms with Crippen molar-refractivity contribution >= 4 is 22.3 Å². The number of rotatable bonds is 3. The number of halogens is 1. The van der Waals surface area contributed by atoms with Gasteiger partial charge in [0.2, 0.25) is 6.41 Å². The van der Waals surface area contributed by atoms with E-state index >= 15 is 0 Å². The van der Waals surface area contributed by atoms with Crippen molar-refractivity contribution in [1.29, 1.82) is 0 Å². The van der Waals surface area contributed by atoms with E-state index in [2.05, 4.69) is 25.9 Å². The Morgan fingerprint density at radius 1 is 1.37 bits per heavy atom. The van der Waals surface area contributed by atoms with Crippen LogP contribution in [-0.4, -0.2) is 27.8 Å². The van der Waals surface area contributed by atoms with Crippen LogP contribution < -0.4 is 0 Å². The largest absolute Gasteiger partial charge is 0.340 e. The zero-order chi connectivity index (χ0) is 13.2. The fourth-order valence-corrected chi connectivity index (χ4v) is 2.42. The summed E-state index contributed by atoms with van der Waals surface area (Å²) >= 11 is 3.41. The highest BCUT2D eigenvalue weighted by atomic mass is 79.9. The van der Waals surface area contributed by atoms with E-state index in [0.717, 1.165) is 28.0 Å². The van der Waals surface area contributed by atoms with E-state index in [-0.39, 0.29) is 6.04 Å². The molecule has 0 radical (unpaired) electrons. The molecule has 1 atom stereocenters. The molecule has 1 amide bonds. The predicted octanol–water partition coefficient (Wildman–Crippen LogP) is 2.91. The first-order valence-electron chi connectivity index (χ1n) is 5.96. The van der Waals surface area contributed by atoms with Gasteiger partial charge < -0.3 is 9.88 Å². The number of benzene rings is 1. The van der Waals surface area contributed by atoms with Gasteiger partial charge in [0.25, 0.3) is 0 Å². The van der Waals surface area contributed by atoms with Crippen molar-refractivity contribution in [2.24, 2.45) is 0 Å². The first-order chi connectivity index (χ1) is 9.28. The van der Waals surface area contributed by atoms with Crippen LogP contribution in [0.3, 0.4) is 0 Å². The van der Waals surface area contributed by atoms with Crippen molar-refractivity contribution in [3.63, 3.8) is 0 Å². The standard InChI is InChI=1S/C14H12BrN3O/c15-11-5-3-10(4-6-11)12-8-16-14(17-12)13-2-1-7-18(13)9-19/h1-6,8-9,13H,7H2,(H,16,17). The fraction of sp³-hybridized carbons (Fsp3) is 0.143. The van der Waals surface area contributed by atoms with Crippen molar-refractivity contribution in [2.45, 2.75) is 6.04 Å². The smallest absolute Gasteiger partial charge is 0.210 e. The van der Waals surface area contributed by atoms with Crippen LogP contribution in [0.5, 0.6) is 0 Å². The quantitative estimate of drug-likeness (QED) is 0.699. The number of nitrogens with zero attached hydrogens (tertiary/aromatic N) is 2. The number of imidazole rings is 1. The summed E-state index contributed by atoms with van der Waals surface area (Å²) in [5, 5.41) is 0. The zero-order valence-corrected chi connectivity index (χ0v) is 11.7. The molecule has 5 heteroatoms. The van der Waals surface area contributed by atoms with Crippen LogP contribution in [0.15, 0.2) is 47.1 Å². The molecule has 1 aliphatic rings. The molecule has 0 fully saturated rings. The predicted molar refractivity (Wildman–Crippen MR) is 76.4 cm³/mol. The van der Waals surface area contributed by atoms with Gasteiger partial charge in [-0.15, -0.1) is 0 Å². The summed E-state index contributed by atoms with van der Waals surface area (Å²) in [6.07, 6.45) is 6.61. The van der Waals surface area contributed by atoms with E-state index in [4.69, 9.17) is 0 Å². The lowest BCUT2D eigenvalue weighted by Crippen LogP contribution is -2.22. The number of aromatic amines is 1. The molecule has 4 nitrogen and oxygen atoms in total. The highest BCUT2D eigenvalue weighted by Crippen LogP contribution is 2.26. The molecule has 2 aromatic rings. The van der Waals surface area contributed by atoms with Crippen LogP contribution in [-0.2, 0) is 4.79 Å². The number of aromatic nitrogens is 2. The van der Waals surface area contributed by atoms with Crippen LogP contribution in [0.4, 0.5) is 0 Å². The van der Waals surface area contributed by atoms with Gasteiger partial charge in [-0.3, -0.25) is 4.79 Å². The van der Waals surface area contributed by atoms with Gasteiger partial charge in [0.1, 0.15) is 11.9 Å². The summed E-state index contributed by atoms with van der Waals surface area (Å²) in [5.41, 5.74) is 2.02. The van der Waals surface area contributed by atoms with Crippen molar-refractivity contribution < 1.29 is 4.79 Å². The number of hydrogen-bond donors (Lipinski definition) is 1. The van der Waals surface area contributed by atoms with Crippen LogP contribution in [0.2, 0.25) is 0 Å². The summed E-state index contributed by atoms with van der Waals surface area (Å²) in [5.74, 6) is 0.791. The molecular formula is C14H12BrN3O. The molecule has 0 spiro atoms. The number of carbonyl (C=O) groups excluding carboxylic acids is 1. The maximum absolute atomic E-state index is 10.9. The lowest BCUT2D eigenvalue weighted by Gasteiger charge is -2.17. The third-order valence-electron chi connectivity index (χ3n) is 3.16. The summed E-state index contributed by atoms with van der Waals surface area (Å²) in [4.78, 5) is 20.3. The average Bonchev–Trinajstić information content (AvgIpc) is 3.07. The Hall–Kier alpha value is -1.88. The van der Waals surface area contributed by atoms with Crippen LogP contribution >= 0.6 is 15.9 Å². The van der Waals surface area contributed by atoms with E-state index in [1.165, 1.54) is 0 Å². The van der Waals surface area contributed by atoms with Gasteiger partial charge in [0, 0.05) is 11.0 Å². The van der Waals surface area contributed by atoms with Gasteiger partial charge in [-0.25, -0.2) is 4.98 Å². The molecule has 0 saturated carbocycles. The van der Waals surface area contributed by atoms with Gasteiger partial charge >= 0.3 is 0 Å². The third kappa shape index (κ3) is 2.33. The van der Waals surface area contributed by atoms with Gasteiger partial charge in [-0.1, -0.05) is 40.2 Å². The SMILES string of the molecule is O=CN1CC=CC1c1ncc(-c2ccc(Br)cc2)[nH]1. The summed E-state index contributed by atoms with van der Waals surface area (Å²) < 4.78 is 1.04. The van der Waals surface area contributed by atoms with E-state index in [1.54, 1.807) is 11.1 Å². The third-order valence-corrected chi connectivity index (χ3v) is 3.69. The van der Waals surface area contributed by atoms with Crippen molar-refractivity contribution in [3.05, 3.63) is 52.9 Å². The molecule has 2 heterocycles. The maximum Gasteiger partial charge on any atom is 0.210 e. The second-order valence-electron chi connectivity index (χ2n) is 4.36. The van der Waals surface area contributed by atoms with Gasteiger partial charge in [0.15, 0.2) is 0 Å². The molecule has 19 heavy (non-hydrogen) atoms. The van der Waals surface area contributed by atoms with Crippen LogP contribution in [0.1, 0.15) is 11.9 Å². The molecule has 1 aliphatic heterocycles. The molecule has 96 valence electrons. The molecule has 3 rings (SSSR count). The Morgan fingerprint density at radius 3 is 2.89 bits per heavy atom. The zero-order valence-electron chi connectivity index (χ0n) is 10.1. The molecule has 0 aliphatic carbocycles. The first kappa shape index (κ1) is 12.2. The molecule has 1 aromatic heterocycles. The number of amides is 1. The monoisotopic (exact) mass is 317 g/mol. The van der Waals surface area contributed by atoms with Crippen LogP contribution in [0.25, 0.3) is 11.3 Å². The number of H-pyrrole nitrogens is 1. The topological polar surface area (TPSA) is 49.0 Å². The molecular weight excluding hydrogens is 306 g/mol. The molecule has 1 aromatic carbocycles. The van der Waals surface area contributed by atoms with E-state index in [1.807, 2.05) is 36.4 Å². The highest BCUT2D eigenvalue weighted by molar-refractivity contribution is 9.10. The van der Waals surface area contributed by atoms with Crippen molar-refractivity contribution in [1.82, 2.24) is 14.9 Å². The Bertz CT molecular complexity index is 618. The minimum atomic E-state index is -0.0818. The lowest BCUT2D eigenvalue weighted by atomic mass is 10.2. The average molecular weight is 318 g/mol. The molecule has 1 N–H and O–H groups in total. The Morgan fingerprint density at radius 2 is 2.16 bits per heavy atom. The minimum Gasteiger partial charge on any atom is -0.340 e. The number of hydrogen-bond acceptors (Lipinski definition) is 2. The summed E-state index contributed by atoms with van der Waals surface area (Å²) in [7, 11) is 0. The van der Waals surface area contributed by atoms with E-state index in [0.29, 0.717) is 6.54 Å². The molecule has 0 saturated heterocycles. The summed E-state index contributed by atoms with van der Waals surface area (Å²) in [6, 6.07) is 7.93. The Balaban J connectivity index is 1.89. The lowest BCUT2D eigenvalue weighted by molar-refractivity contribution is -0.118. The van der Waals surface area contributed by atoms with Crippen molar-refractivity contribution in [2.75, 3.05) is 6.54 Å². The van der Waals surface area contributed by atoms with E-state index < -0.39 is 0 Å². The fourth-order valence-electron chi connectivity index (χ4n) is 2.16. The molecule has 0 bridgehead atoms.